The van der Waals surface area contributed by atoms with E-state index in [1.807, 2.05) is 29.2 Å². The molecule has 0 aromatic heterocycles. The fourth-order valence-electron chi connectivity index (χ4n) is 3.58. The van der Waals surface area contributed by atoms with Gasteiger partial charge in [0.05, 0.1) is 0 Å². The molecule has 4 nitrogen and oxygen atoms in total. The number of anilines is 1. The predicted octanol–water partition coefficient (Wildman–Crippen LogP) is 3.07. The van der Waals surface area contributed by atoms with Crippen LogP contribution in [0, 0.1) is 5.92 Å². The molecule has 0 N–H and O–H groups in total. The van der Waals surface area contributed by atoms with Crippen molar-refractivity contribution in [3.63, 3.8) is 0 Å². The van der Waals surface area contributed by atoms with E-state index in [4.69, 9.17) is 0 Å². The molecule has 0 spiro atoms. The second-order valence-corrected chi connectivity index (χ2v) is 6.67. The van der Waals surface area contributed by atoms with Gasteiger partial charge in [-0.1, -0.05) is 6.92 Å². The third kappa shape index (κ3) is 2.87. The highest BCUT2D eigenvalue weighted by molar-refractivity contribution is 5.97. The molecule has 2 saturated heterocycles. The van der Waals surface area contributed by atoms with E-state index in [-0.39, 0.29) is 11.8 Å². The van der Waals surface area contributed by atoms with Crippen LogP contribution in [0.3, 0.4) is 0 Å². The van der Waals surface area contributed by atoms with Gasteiger partial charge in [0.25, 0.3) is 5.91 Å². The van der Waals surface area contributed by atoms with Crippen molar-refractivity contribution in [2.24, 2.45) is 5.92 Å². The summed E-state index contributed by atoms with van der Waals surface area (Å²) in [5.41, 5.74) is 1.62. The number of piperidine rings is 1. The van der Waals surface area contributed by atoms with Crippen LogP contribution in [0.5, 0.6) is 0 Å². The molecule has 22 heavy (non-hydrogen) atoms. The van der Waals surface area contributed by atoms with Crippen molar-refractivity contribution in [3.8, 4) is 0 Å². The number of carbonyl (C=O) groups is 2. The minimum Gasteiger partial charge on any atom is -0.336 e. The summed E-state index contributed by atoms with van der Waals surface area (Å²) in [4.78, 5) is 28.2. The quantitative estimate of drug-likeness (QED) is 0.842. The molecule has 2 aliphatic rings. The second kappa shape index (κ2) is 6.11. The summed E-state index contributed by atoms with van der Waals surface area (Å²) >= 11 is 0. The van der Waals surface area contributed by atoms with Crippen molar-refractivity contribution in [1.82, 2.24) is 4.90 Å². The molecule has 1 aromatic rings. The summed E-state index contributed by atoms with van der Waals surface area (Å²) in [6.45, 7) is 6.01. The van der Waals surface area contributed by atoms with Gasteiger partial charge in [-0.15, -0.1) is 0 Å². The zero-order valence-electron chi connectivity index (χ0n) is 13.4. The van der Waals surface area contributed by atoms with E-state index >= 15 is 0 Å². The number of carbonyl (C=O) groups excluding carboxylic acids is 2. The molecule has 0 aliphatic carbocycles. The maximum Gasteiger partial charge on any atom is 0.254 e. The number of benzene rings is 1. The van der Waals surface area contributed by atoms with Gasteiger partial charge in [0.15, 0.2) is 0 Å². The van der Waals surface area contributed by atoms with E-state index in [0.717, 1.165) is 43.6 Å². The Hall–Kier alpha value is -1.84. The Labute approximate surface area is 132 Å². The van der Waals surface area contributed by atoms with Gasteiger partial charge in [0.1, 0.15) is 0 Å². The molecule has 0 bridgehead atoms. The number of hydrogen-bond donors (Lipinski definition) is 0. The van der Waals surface area contributed by atoms with Gasteiger partial charge in [-0.25, -0.2) is 0 Å². The first-order valence-electron chi connectivity index (χ1n) is 8.27. The van der Waals surface area contributed by atoms with E-state index < -0.39 is 0 Å². The lowest BCUT2D eigenvalue weighted by Gasteiger charge is -2.36. The first kappa shape index (κ1) is 15.1. The number of hydrogen-bond acceptors (Lipinski definition) is 2. The molecule has 2 aliphatic heterocycles. The molecule has 2 amide bonds. The van der Waals surface area contributed by atoms with Crippen molar-refractivity contribution in [1.29, 1.82) is 0 Å². The smallest absolute Gasteiger partial charge is 0.254 e. The average Bonchev–Trinajstić information content (AvgIpc) is 2.93. The average molecular weight is 300 g/mol. The first-order chi connectivity index (χ1) is 10.6. The number of nitrogens with zero attached hydrogens (tertiary/aromatic N) is 2. The lowest BCUT2D eigenvalue weighted by atomic mass is 9.93. The SMILES string of the molecule is C[C@H]1CCN(C(=O)c2ccc(N3CCCC3=O)cc2)[C@H](C)C1. The van der Waals surface area contributed by atoms with Crippen molar-refractivity contribution >= 4 is 17.5 Å². The van der Waals surface area contributed by atoms with Crippen LogP contribution in [-0.2, 0) is 4.79 Å². The Kier molecular flexibility index (Phi) is 4.19. The van der Waals surface area contributed by atoms with Crippen LogP contribution < -0.4 is 4.90 Å². The lowest BCUT2D eigenvalue weighted by Crippen LogP contribution is -2.44. The Morgan fingerprint density at radius 3 is 2.45 bits per heavy atom. The summed E-state index contributed by atoms with van der Waals surface area (Å²) in [6.07, 6.45) is 3.70. The van der Waals surface area contributed by atoms with E-state index in [1.165, 1.54) is 0 Å². The Morgan fingerprint density at radius 2 is 1.86 bits per heavy atom. The molecule has 0 radical (unpaired) electrons. The summed E-state index contributed by atoms with van der Waals surface area (Å²) in [5.74, 6) is 0.985. The maximum absolute atomic E-state index is 12.7. The molecule has 2 fully saturated rings. The highest BCUT2D eigenvalue weighted by Crippen LogP contribution is 2.25. The van der Waals surface area contributed by atoms with Crippen LogP contribution in [0.25, 0.3) is 0 Å². The normalized spacial score (nSPS) is 25.6. The summed E-state index contributed by atoms with van der Waals surface area (Å²) < 4.78 is 0. The van der Waals surface area contributed by atoms with Crippen LogP contribution in [0.4, 0.5) is 5.69 Å². The van der Waals surface area contributed by atoms with Crippen LogP contribution in [-0.4, -0.2) is 35.8 Å². The molecule has 2 atom stereocenters. The van der Waals surface area contributed by atoms with E-state index in [9.17, 15) is 9.59 Å². The molecule has 0 unspecified atom stereocenters. The monoisotopic (exact) mass is 300 g/mol. The second-order valence-electron chi connectivity index (χ2n) is 6.67. The topological polar surface area (TPSA) is 40.6 Å². The third-order valence-electron chi connectivity index (χ3n) is 4.90. The zero-order valence-corrected chi connectivity index (χ0v) is 13.4. The summed E-state index contributed by atoms with van der Waals surface area (Å²) in [6, 6.07) is 7.81. The molecule has 2 heterocycles. The lowest BCUT2D eigenvalue weighted by molar-refractivity contribution is -0.117. The van der Waals surface area contributed by atoms with Crippen LogP contribution >= 0.6 is 0 Å². The van der Waals surface area contributed by atoms with Gasteiger partial charge in [0.2, 0.25) is 5.91 Å². The molecule has 118 valence electrons. The Bertz CT molecular complexity index is 567. The van der Waals surface area contributed by atoms with Crippen LogP contribution in [0.15, 0.2) is 24.3 Å². The van der Waals surface area contributed by atoms with Gasteiger partial charge in [-0.3, -0.25) is 9.59 Å². The number of likely N-dealkylation sites (tertiary alicyclic amines) is 1. The molecule has 0 saturated carbocycles. The molecule has 3 rings (SSSR count). The number of amides is 2. The molecular weight excluding hydrogens is 276 g/mol. The standard InChI is InChI=1S/C18H24N2O2/c1-13-9-11-19(14(2)12-13)18(22)15-5-7-16(8-6-15)20-10-3-4-17(20)21/h5-8,13-14H,3-4,9-12H2,1-2H3/t13-,14+/m0/s1. The number of rotatable bonds is 2. The van der Waals surface area contributed by atoms with E-state index in [0.29, 0.717) is 18.4 Å². The van der Waals surface area contributed by atoms with Crippen molar-refractivity contribution in [2.45, 2.75) is 45.6 Å². The van der Waals surface area contributed by atoms with E-state index in [1.54, 1.807) is 4.90 Å². The highest BCUT2D eigenvalue weighted by atomic mass is 16.2. The fraction of sp³-hybridized carbons (Fsp3) is 0.556. The zero-order chi connectivity index (χ0) is 15.7. The largest absolute Gasteiger partial charge is 0.336 e. The van der Waals surface area contributed by atoms with Gasteiger partial charge < -0.3 is 9.80 Å². The van der Waals surface area contributed by atoms with Crippen LogP contribution in [0.1, 0.15) is 49.9 Å². The predicted molar refractivity (Wildman–Crippen MR) is 86.9 cm³/mol. The maximum atomic E-state index is 12.7. The minimum atomic E-state index is 0.110. The highest BCUT2D eigenvalue weighted by Gasteiger charge is 2.28. The molecule has 1 aromatic carbocycles. The molecular formula is C18H24N2O2. The van der Waals surface area contributed by atoms with E-state index in [2.05, 4.69) is 13.8 Å². The van der Waals surface area contributed by atoms with Gasteiger partial charge in [0, 0.05) is 36.8 Å². The van der Waals surface area contributed by atoms with Crippen molar-refractivity contribution in [2.75, 3.05) is 18.0 Å². The Morgan fingerprint density at radius 1 is 1.14 bits per heavy atom. The van der Waals surface area contributed by atoms with Gasteiger partial charge in [-0.2, -0.15) is 0 Å². The summed E-state index contributed by atoms with van der Waals surface area (Å²) in [5, 5.41) is 0. The minimum absolute atomic E-state index is 0.110. The third-order valence-corrected chi connectivity index (χ3v) is 4.90. The van der Waals surface area contributed by atoms with Crippen LogP contribution in [0.2, 0.25) is 0 Å². The Balaban J connectivity index is 1.72. The first-order valence-corrected chi connectivity index (χ1v) is 8.27. The van der Waals surface area contributed by atoms with Gasteiger partial charge >= 0.3 is 0 Å². The van der Waals surface area contributed by atoms with Crippen molar-refractivity contribution in [3.05, 3.63) is 29.8 Å². The van der Waals surface area contributed by atoms with Gasteiger partial charge in [-0.05, 0) is 56.4 Å². The fourth-order valence-corrected chi connectivity index (χ4v) is 3.58. The van der Waals surface area contributed by atoms with Crippen molar-refractivity contribution < 1.29 is 9.59 Å². The summed E-state index contributed by atoms with van der Waals surface area (Å²) in [7, 11) is 0. The molecule has 4 heteroatoms.